The first-order valence-corrected chi connectivity index (χ1v) is 7.76. The Labute approximate surface area is 139 Å². The number of nitrogens with zero attached hydrogens (tertiary/aromatic N) is 1. The normalized spacial score (nSPS) is 22.3. The van der Waals surface area contributed by atoms with Crippen LogP contribution in [0.25, 0.3) is 0 Å². The van der Waals surface area contributed by atoms with Crippen LogP contribution < -0.4 is 20.1 Å². The van der Waals surface area contributed by atoms with Gasteiger partial charge in [-0.05, 0) is 25.5 Å². The molecule has 0 radical (unpaired) electrons. The number of rotatable bonds is 4. The van der Waals surface area contributed by atoms with E-state index in [0.29, 0.717) is 36.8 Å². The maximum Gasteiger partial charge on any atom is 0.325 e. The summed E-state index contributed by atoms with van der Waals surface area (Å²) < 4.78 is 10.9. The lowest BCUT2D eigenvalue weighted by Gasteiger charge is -2.20. The molecule has 1 aromatic rings. The number of amides is 4. The number of benzene rings is 1. The minimum Gasteiger partial charge on any atom is -0.486 e. The van der Waals surface area contributed by atoms with Gasteiger partial charge in [-0.2, -0.15) is 0 Å². The fourth-order valence-corrected chi connectivity index (χ4v) is 2.60. The molecule has 3 rings (SSSR count). The van der Waals surface area contributed by atoms with Crippen molar-refractivity contribution in [3.05, 3.63) is 18.2 Å². The Kier molecular flexibility index (Phi) is 4.04. The molecule has 2 N–H and O–H groups in total. The van der Waals surface area contributed by atoms with Crippen LogP contribution >= 0.6 is 0 Å². The first-order chi connectivity index (χ1) is 11.4. The highest BCUT2D eigenvalue weighted by molar-refractivity contribution is 6.09. The van der Waals surface area contributed by atoms with Gasteiger partial charge in [0, 0.05) is 11.8 Å². The van der Waals surface area contributed by atoms with Gasteiger partial charge in [-0.25, -0.2) is 4.79 Å². The Bertz CT molecular complexity index is 705. The van der Waals surface area contributed by atoms with Crippen LogP contribution in [0.4, 0.5) is 10.5 Å². The average molecular weight is 333 g/mol. The van der Waals surface area contributed by atoms with Crippen LogP contribution in [-0.2, 0) is 9.59 Å². The van der Waals surface area contributed by atoms with Gasteiger partial charge < -0.3 is 20.1 Å². The topological polar surface area (TPSA) is 97.0 Å². The molecule has 0 unspecified atom stereocenters. The summed E-state index contributed by atoms with van der Waals surface area (Å²) in [6.07, 6.45) is 0.456. The number of anilines is 1. The molecule has 128 valence electrons. The van der Waals surface area contributed by atoms with Gasteiger partial charge in [0.1, 0.15) is 25.3 Å². The molecule has 1 atom stereocenters. The average Bonchev–Trinajstić information content (AvgIpc) is 2.78. The highest BCUT2D eigenvalue weighted by Crippen LogP contribution is 2.32. The third kappa shape index (κ3) is 2.86. The Morgan fingerprint density at radius 1 is 1.29 bits per heavy atom. The van der Waals surface area contributed by atoms with Crippen molar-refractivity contribution in [2.75, 3.05) is 25.1 Å². The summed E-state index contributed by atoms with van der Waals surface area (Å²) in [7, 11) is 0. The molecule has 4 amide bonds. The van der Waals surface area contributed by atoms with Gasteiger partial charge in [0.2, 0.25) is 5.91 Å². The van der Waals surface area contributed by atoms with Crippen molar-refractivity contribution < 1.29 is 23.9 Å². The number of hydrogen-bond donors (Lipinski definition) is 2. The largest absolute Gasteiger partial charge is 0.486 e. The predicted octanol–water partition coefficient (Wildman–Crippen LogP) is 1.12. The maximum absolute atomic E-state index is 12.3. The van der Waals surface area contributed by atoms with Gasteiger partial charge in [0.15, 0.2) is 11.5 Å². The summed E-state index contributed by atoms with van der Waals surface area (Å²) in [5.74, 6) is 0.308. The highest BCUT2D eigenvalue weighted by Gasteiger charge is 2.46. The second kappa shape index (κ2) is 6.03. The van der Waals surface area contributed by atoms with Crippen LogP contribution in [0.3, 0.4) is 0 Å². The lowest BCUT2D eigenvalue weighted by atomic mass is 9.99. The minimum absolute atomic E-state index is 0.339. The molecule has 1 saturated heterocycles. The number of carbonyl (C=O) groups is 3. The number of urea groups is 1. The maximum atomic E-state index is 12.3. The molecule has 2 aliphatic heterocycles. The molecular weight excluding hydrogens is 314 g/mol. The summed E-state index contributed by atoms with van der Waals surface area (Å²) in [5.41, 5.74) is -0.441. The zero-order valence-electron chi connectivity index (χ0n) is 13.5. The van der Waals surface area contributed by atoms with E-state index in [1.807, 2.05) is 0 Å². The number of hydrogen-bond acceptors (Lipinski definition) is 5. The molecule has 8 heteroatoms. The molecule has 1 aromatic carbocycles. The van der Waals surface area contributed by atoms with Crippen LogP contribution in [0, 0.1) is 0 Å². The first-order valence-electron chi connectivity index (χ1n) is 7.76. The lowest BCUT2D eigenvalue weighted by molar-refractivity contribution is -0.133. The van der Waals surface area contributed by atoms with Crippen molar-refractivity contribution in [1.82, 2.24) is 10.2 Å². The van der Waals surface area contributed by atoms with Crippen LogP contribution in [0.1, 0.15) is 20.3 Å². The predicted molar refractivity (Wildman–Crippen MR) is 85.0 cm³/mol. The van der Waals surface area contributed by atoms with Crippen molar-refractivity contribution in [3.8, 4) is 11.5 Å². The lowest BCUT2D eigenvalue weighted by Crippen LogP contribution is -2.44. The third-order valence-corrected chi connectivity index (χ3v) is 4.18. The molecule has 0 bridgehead atoms. The number of fused-ring (bicyclic) bond motifs is 1. The van der Waals surface area contributed by atoms with Crippen molar-refractivity contribution in [2.24, 2.45) is 0 Å². The molecule has 0 saturated carbocycles. The Morgan fingerprint density at radius 3 is 2.67 bits per heavy atom. The fraction of sp³-hybridized carbons (Fsp3) is 0.438. The third-order valence-electron chi connectivity index (χ3n) is 4.18. The highest BCUT2D eigenvalue weighted by atomic mass is 16.6. The first kappa shape index (κ1) is 16.1. The summed E-state index contributed by atoms with van der Waals surface area (Å²) in [6, 6.07) is 4.47. The van der Waals surface area contributed by atoms with E-state index in [4.69, 9.17) is 9.47 Å². The van der Waals surface area contributed by atoms with Gasteiger partial charge in [-0.15, -0.1) is 0 Å². The second-order valence-corrected chi connectivity index (χ2v) is 5.91. The van der Waals surface area contributed by atoms with E-state index in [1.165, 1.54) is 0 Å². The monoisotopic (exact) mass is 333 g/mol. The van der Waals surface area contributed by atoms with E-state index in [1.54, 1.807) is 32.0 Å². The quantitative estimate of drug-likeness (QED) is 0.805. The molecule has 2 aliphatic rings. The van der Waals surface area contributed by atoms with E-state index in [-0.39, 0.29) is 6.54 Å². The molecule has 2 heterocycles. The van der Waals surface area contributed by atoms with Crippen LogP contribution in [0.2, 0.25) is 0 Å². The number of nitrogens with one attached hydrogen (secondary N) is 2. The smallest absolute Gasteiger partial charge is 0.325 e. The van der Waals surface area contributed by atoms with Crippen LogP contribution in [0.5, 0.6) is 11.5 Å². The van der Waals surface area contributed by atoms with E-state index < -0.39 is 23.4 Å². The Morgan fingerprint density at radius 2 is 2.00 bits per heavy atom. The number of imide groups is 1. The standard InChI is InChI=1S/C16H19N3O5/c1-3-16(2)14(21)19(15(22)18-16)9-13(20)17-10-4-5-11-12(8-10)24-7-6-23-11/h4-5,8H,3,6-7,9H2,1-2H3,(H,17,20)(H,18,22)/t16-/m0/s1. The number of ether oxygens (including phenoxy) is 2. The summed E-state index contributed by atoms with van der Waals surface area (Å²) in [4.78, 5) is 37.3. The Balaban J connectivity index is 1.66. The van der Waals surface area contributed by atoms with Gasteiger partial charge in [0.25, 0.3) is 5.91 Å². The summed E-state index contributed by atoms with van der Waals surface area (Å²) in [5, 5.41) is 5.27. The van der Waals surface area contributed by atoms with E-state index in [2.05, 4.69) is 10.6 Å². The minimum atomic E-state index is -0.950. The van der Waals surface area contributed by atoms with E-state index >= 15 is 0 Å². The van der Waals surface area contributed by atoms with Crippen molar-refractivity contribution in [3.63, 3.8) is 0 Å². The Hall–Kier alpha value is -2.77. The van der Waals surface area contributed by atoms with Gasteiger partial charge >= 0.3 is 6.03 Å². The fourth-order valence-electron chi connectivity index (χ4n) is 2.60. The zero-order valence-corrected chi connectivity index (χ0v) is 13.5. The second-order valence-electron chi connectivity index (χ2n) is 5.91. The summed E-state index contributed by atoms with van der Waals surface area (Å²) >= 11 is 0. The summed E-state index contributed by atoms with van der Waals surface area (Å²) in [6.45, 7) is 4.04. The van der Waals surface area contributed by atoms with Gasteiger partial charge in [0.05, 0.1) is 0 Å². The van der Waals surface area contributed by atoms with Gasteiger partial charge in [-0.1, -0.05) is 6.92 Å². The molecule has 8 nitrogen and oxygen atoms in total. The van der Waals surface area contributed by atoms with E-state index in [9.17, 15) is 14.4 Å². The van der Waals surface area contributed by atoms with Gasteiger partial charge in [-0.3, -0.25) is 14.5 Å². The molecule has 1 fully saturated rings. The molecule has 0 aliphatic carbocycles. The molecular formula is C16H19N3O5. The van der Waals surface area contributed by atoms with Crippen LogP contribution in [0.15, 0.2) is 18.2 Å². The molecule has 24 heavy (non-hydrogen) atoms. The SMILES string of the molecule is CC[C@]1(C)NC(=O)N(CC(=O)Nc2ccc3c(c2)OCCO3)C1=O. The zero-order chi connectivity index (χ0) is 17.3. The van der Waals surface area contributed by atoms with Crippen molar-refractivity contribution in [2.45, 2.75) is 25.8 Å². The van der Waals surface area contributed by atoms with E-state index in [0.717, 1.165) is 4.90 Å². The van der Waals surface area contributed by atoms with Crippen molar-refractivity contribution >= 4 is 23.5 Å². The van der Waals surface area contributed by atoms with Crippen molar-refractivity contribution in [1.29, 1.82) is 0 Å². The van der Waals surface area contributed by atoms with Crippen LogP contribution in [-0.4, -0.2) is 48.0 Å². The molecule has 0 aromatic heterocycles. The molecule has 0 spiro atoms. The number of carbonyl (C=O) groups excluding carboxylic acids is 3.